The van der Waals surface area contributed by atoms with Crippen LogP contribution in [-0.2, 0) is 9.59 Å². The molecule has 0 aromatic heterocycles. The molecule has 0 radical (unpaired) electrons. The number of benzene rings is 1. The van der Waals surface area contributed by atoms with Crippen molar-refractivity contribution in [2.24, 2.45) is 0 Å². The number of hydrogen-bond acceptors (Lipinski definition) is 3. The Balaban J connectivity index is 2.26. The second-order valence-corrected chi connectivity index (χ2v) is 5.98. The second-order valence-electron chi connectivity index (χ2n) is 4.99. The van der Waals surface area contributed by atoms with Crippen LogP contribution in [0.1, 0.15) is 32.3 Å². The molecule has 0 saturated carbocycles. The fourth-order valence-electron chi connectivity index (χ4n) is 1.92. The highest BCUT2D eigenvalue weighted by molar-refractivity contribution is 8.00. The molecule has 0 saturated heterocycles. The third-order valence-electron chi connectivity index (χ3n) is 3.12. The molecule has 1 aromatic carbocycles. The van der Waals surface area contributed by atoms with Crippen LogP contribution in [-0.4, -0.2) is 29.4 Å². The van der Waals surface area contributed by atoms with Gasteiger partial charge in [0.2, 0.25) is 11.8 Å². The summed E-state index contributed by atoms with van der Waals surface area (Å²) in [5, 5.41) is 5.78. The summed E-state index contributed by atoms with van der Waals surface area (Å²) < 4.78 is 0. The lowest BCUT2D eigenvalue weighted by atomic mass is 10.2. The van der Waals surface area contributed by atoms with Crippen molar-refractivity contribution in [3.05, 3.63) is 29.8 Å². The third-order valence-corrected chi connectivity index (χ3v) is 4.05. The van der Waals surface area contributed by atoms with E-state index in [2.05, 4.69) is 24.5 Å². The summed E-state index contributed by atoms with van der Waals surface area (Å²) in [6.45, 7) is 6.08. The SMILES string of the molecule is CCC(CC)NC(=O)CSCC(=O)Nc1cccc(C)c1. The Labute approximate surface area is 131 Å². The van der Waals surface area contributed by atoms with Gasteiger partial charge in [0.1, 0.15) is 0 Å². The van der Waals surface area contributed by atoms with E-state index in [9.17, 15) is 9.59 Å². The highest BCUT2D eigenvalue weighted by Crippen LogP contribution is 2.10. The average Bonchev–Trinajstić information content (AvgIpc) is 2.44. The van der Waals surface area contributed by atoms with Gasteiger partial charge in [-0.05, 0) is 37.5 Å². The van der Waals surface area contributed by atoms with Gasteiger partial charge in [-0.1, -0.05) is 26.0 Å². The molecule has 5 heteroatoms. The van der Waals surface area contributed by atoms with Crippen LogP contribution >= 0.6 is 11.8 Å². The normalized spacial score (nSPS) is 10.5. The molecule has 0 unspecified atom stereocenters. The van der Waals surface area contributed by atoms with Crippen molar-refractivity contribution < 1.29 is 9.59 Å². The third kappa shape index (κ3) is 7.18. The van der Waals surface area contributed by atoms with E-state index in [1.54, 1.807) is 0 Å². The lowest BCUT2D eigenvalue weighted by Crippen LogP contribution is -2.35. The topological polar surface area (TPSA) is 58.2 Å². The minimum absolute atomic E-state index is 0.00273. The molecular formula is C16H24N2O2S. The van der Waals surface area contributed by atoms with E-state index in [1.807, 2.05) is 31.2 Å². The largest absolute Gasteiger partial charge is 0.353 e. The van der Waals surface area contributed by atoms with Crippen molar-refractivity contribution in [1.82, 2.24) is 5.32 Å². The summed E-state index contributed by atoms with van der Waals surface area (Å²) in [4.78, 5) is 23.5. The number of aryl methyl sites for hydroxylation is 1. The molecule has 0 atom stereocenters. The smallest absolute Gasteiger partial charge is 0.234 e. The van der Waals surface area contributed by atoms with Crippen molar-refractivity contribution in [2.45, 2.75) is 39.7 Å². The molecule has 2 amide bonds. The van der Waals surface area contributed by atoms with Crippen molar-refractivity contribution in [2.75, 3.05) is 16.8 Å². The van der Waals surface area contributed by atoms with Gasteiger partial charge in [0, 0.05) is 11.7 Å². The maximum absolute atomic E-state index is 11.8. The lowest BCUT2D eigenvalue weighted by Gasteiger charge is -2.14. The number of carbonyl (C=O) groups excluding carboxylic acids is 2. The van der Waals surface area contributed by atoms with Gasteiger partial charge in [0.25, 0.3) is 0 Å². The van der Waals surface area contributed by atoms with Gasteiger partial charge in [-0.25, -0.2) is 0 Å². The number of nitrogens with one attached hydrogen (secondary N) is 2. The zero-order chi connectivity index (χ0) is 15.7. The first-order valence-electron chi connectivity index (χ1n) is 7.28. The maximum Gasteiger partial charge on any atom is 0.234 e. The molecule has 1 aromatic rings. The molecule has 1 rings (SSSR count). The second kappa shape index (κ2) is 9.45. The van der Waals surface area contributed by atoms with Crippen molar-refractivity contribution in [3.63, 3.8) is 0 Å². The molecule has 4 nitrogen and oxygen atoms in total. The molecule has 0 bridgehead atoms. The molecule has 0 aliphatic heterocycles. The van der Waals surface area contributed by atoms with E-state index in [4.69, 9.17) is 0 Å². The quantitative estimate of drug-likeness (QED) is 0.776. The molecule has 116 valence electrons. The molecule has 0 aliphatic carbocycles. The average molecular weight is 308 g/mol. The van der Waals surface area contributed by atoms with Gasteiger partial charge in [0.05, 0.1) is 11.5 Å². The monoisotopic (exact) mass is 308 g/mol. The number of carbonyl (C=O) groups is 2. The first-order valence-corrected chi connectivity index (χ1v) is 8.44. The minimum Gasteiger partial charge on any atom is -0.353 e. The van der Waals surface area contributed by atoms with Crippen LogP contribution in [0.25, 0.3) is 0 Å². The van der Waals surface area contributed by atoms with Crippen LogP contribution in [0.4, 0.5) is 5.69 Å². The number of thioether (sulfide) groups is 1. The van der Waals surface area contributed by atoms with Crippen LogP contribution in [0.5, 0.6) is 0 Å². The van der Waals surface area contributed by atoms with Crippen LogP contribution in [0, 0.1) is 6.92 Å². The number of hydrogen-bond donors (Lipinski definition) is 2. The van der Waals surface area contributed by atoms with Gasteiger partial charge in [-0.15, -0.1) is 11.8 Å². The summed E-state index contributed by atoms with van der Waals surface area (Å²) in [7, 11) is 0. The first-order chi connectivity index (χ1) is 10.0. The van der Waals surface area contributed by atoms with Crippen LogP contribution in [0.2, 0.25) is 0 Å². The van der Waals surface area contributed by atoms with E-state index >= 15 is 0 Å². The van der Waals surface area contributed by atoms with E-state index in [0.717, 1.165) is 24.1 Å². The molecule has 0 heterocycles. The number of rotatable bonds is 8. The van der Waals surface area contributed by atoms with Gasteiger partial charge < -0.3 is 10.6 Å². The molecule has 2 N–H and O–H groups in total. The van der Waals surface area contributed by atoms with Crippen LogP contribution < -0.4 is 10.6 Å². The summed E-state index contributed by atoms with van der Waals surface area (Å²) >= 11 is 1.33. The number of anilines is 1. The summed E-state index contributed by atoms with van der Waals surface area (Å²) in [5.74, 6) is 0.514. The van der Waals surface area contributed by atoms with Gasteiger partial charge >= 0.3 is 0 Å². The van der Waals surface area contributed by atoms with E-state index in [1.165, 1.54) is 11.8 Å². The molecule has 0 aliphatic rings. The van der Waals surface area contributed by atoms with E-state index in [-0.39, 0.29) is 23.6 Å². The molecule has 21 heavy (non-hydrogen) atoms. The van der Waals surface area contributed by atoms with Crippen molar-refractivity contribution in [3.8, 4) is 0 Å². The van der Waals surface area contributed by atoms with Crippen molar-refractivity contribution >= 4 is 29.3 Å². The number of amides is 2. The Morgan fingerprint density at radius 3 is 2.43 bits per heavy atom. The van der Waals surface area contributed by atoms with E-state index in [0.29, 0.717) is 5.75 Å². The van der Waals surface area contributed by atoms with Gasteiger partial charge in [-0.3, -0.25) is 9.59 Å². The predicted octanol–water partition coefficient (Wildman–Crippen LogP) is 2.97. The minimum atomic E-state index is -0.0825. The van der Waals surface area contributed by atoms with Crippen LogP contribution in [0.3, 0.4) is 0 Å². The Morgan fingerprint density at radius 1 is 1.14 bits per heavy atom. The van der Waals surface area contributed by atoms with E-state index < -0.39 is 0 Å². The highest BCUT2D eigenvalue weighted by Gasteiger charge is 2.09. The summed E-state index contributed by atoms with van der Waals surface area (Å²) in [6.07, 6.45) is 1.86. The Hall–Kier alpha value is -1.49. The maximum atomic E-state index is 11.8. The first kappa shape index (κ1) is 17.6. The molecule has 0 spiro atoms. The standard InChI is InChI=1S/C16H24N2O2S/c1-4-13(5-2)17-15(19)10-21-11-16(20)18-14-8-6-7-12(3)9-14/h6-9,13H,4-5,10-11H2,1-3H3,(H,17,19)(H,18,20). The molecule has 0 fully saturated rings. The summed E-state index contributed by atoms with van der Waals surface area (Å²) in [6, 6.07) is 7.89. The summed E-state index contributed by atoms with van der Waals surface area (Å²) in [5.41, 5.74) is 1.90. The highest BCUT2D eigenvalue weighted by atomic mass is 32.2. The van der Waals surface area contributed by atoms with Gasteiger partial charge in [0.15, 0.2) is 0 Å². The van der Waals surface area contributed by atoms with Crippen LogP contribution in [0.15, 0.2) is 24.3 Å². The molecular weight excluding hydrogens is 284 g/mol. The lowest BCUT2D eigenvalue weighted by molar-refractivity contribution is -0.119. The Bertz CT molecular complexity index is 473. The predicted molar refractivity (Wildman–Crippen MR) is 89.6 cm³/mol. The fourth-order valence-corrected chi connectivity index (χ4v) is 2.55. The Morgan fingerprint density at radius 2 is 1.81 bits per heavy atom. The Kier molecular flexibility index (Phi) is 7.90. The zero-order valence-electron chi connectivity index (χ0n) is 12.9. The zero-order valence-corrected chi connectivity index (χ0v) is 13.8. The van der Waals surface area contributed by atoms with Crippen molar-refractivity contribution in [1.29, 1.82) is 0 Å². The van der Waals surface area contributed by atoms with Gasteiger partial charge in [-0.2, -0.15) is 0 Å². The fraction of sp³-hybridized carbons (Fsp3) is 0.500.